The highest BCUT2D eigenvalue weighted by atomic mass is 16.1. The number of hydrogen-bond donors (Lipinski definition) is 2. The minimum absolute atomic E-state index is 0.0395. The smallest absolute Gasteiger partial charge is 0.251 e. The molecular formula is C12H18N2O. The summed E-state index contributed by atoms with van der Waals surface area (Å²) in [5.41, 5.74) is 6.26. The third-order valence-electron chi connectivity index (χ3n) is 2.41. The normalized spacial score (nSPS) is 12.5. The minimum atomic E-state index is -0.0558. The van der Waals surface area contributed by atoms with E-state index in [1.165, 1.54) is 0 Å². The van der Waals surface area contributed by atoms with Crippen LogP contribution in [0.2, 0.25) is 0 Å². The first-order chi connectivity index (χ1) is 7.15. The van der Waals surface area contributed by atoms with Crippen LogP contribution in [-0.2, 0) is 0 Å². The summed E-state index contributed by atoms with van der Waals surface area (Å²) in [5.74, 6) is 0.294. The third-order valence-corrected chi connectivity index (χ3v) is 2.41. The Kier molecular flexibility index (Phi) is 4.31. The number of rotatable bonds is 4. The molecule has 3 N–H and O–H groups in total. The lowest BCUT2D eigenvalue weighted by Crippen LogP contribution is -2.43. The molecule has 1 aromatic rings. The standard InChI is InChI=1S/C12H18N2O/c1-9(2)11(8-13)14-12(15)10-6-4-3-5-7-10/h3-7,9,11H,8,13H2,1-2H3,(H,14,15). The first kappa shape index (κ1) is 11.7. The first-order valence-electron chi connectivity index (χ1n) is 5.21. The molecule has 1 unspecified atom stereocenters. The molecule has 0 heterocycles. The molecule has 1 rings (SSSR count). The molecule has 0 fully saturated rings. The maximum Gasteiger partial charge on any atom is 0.251 e. The third kappa shape index (κ3) is 3.36. The van der Waals surface area contributed by atoms with E-state index < -0.39 is 0 Å². The van der Waals surface area contributed by atoms with Crippen molar-refractivity contribution in [3.63, 3.8) is 0 Å². The van der Waals surface area contributed by atoms with Crippen molar-refractivity contribution in [2.24, 2.45) is 11.7 Å². The molecule has 15 heavy (non-hydrogen) atoms. The van der Waals surface area contributed by atoms with Gasteiger partial charge in [-0.05, 0) is 18.1 Å². The highest BCUT2D eigenvalue weighted by molar-refractivity contribution is 5.94. The molecule has 0 saturated carbocycles. The van der Waals surface area contributed by atoms with Gasteiger partial charge in [-0.2, -0.15) is 0 Å². The number of nitrogens with one attached hydrogen (secondary N) is 1. The Morgan fingerprint density at radius 3 is 2.40 bits per heavy atom. The van der Waals surface area contributed by atoms with Gasteiger partial charge in [0.05, 0.1) is 0 Å². The monoisotopic (exact) mass is 206 g/mol. The zero-order valence-electron chi connectivity index (χ0n) is 9.23. The van der Waals surface area contributed by atoms with E-state index in [0.717, 1.165) is 0 Å². The molecule has 0 aromatic heterocycles. The van der Waals surface area contributed by atoms with Crippen LogP contribution < -0.4 is 11.1 Å². The molecule has 3 nitrogen and oxygen atoms in total. The SMILES string of the molecule is CC(C)C(CN)NC(=O)c1ccccc1. The fourth-order valence-electron chi connectivity index (χ4n) is 1.34. The van der Waals surface area contributed by atoms with Crippen molar-refractivity contribution in [1.82, 2.24) is 5.32 Å². The van der Waals surface area contributed by atoms with Crippen LogP contribution in [0.1, 0.15) is 24.2 Å². The van der Waals surface area contributed by atoms with Gasteiger partial charge in [0.25, 0.3) is 5.91 Å². The summed E-state index contributed by atoms with van der Waals surface area (Å²) in [6.45, 7) is 4.56. The number of benzene rings is 1. The molecular weight excluding hydrogens is 188 g/mol. The number of carbonyl (C=O) groups excluding carboxylic acids is 1. The summed E-state index contributed by atoms with van der Waals surface area (Å²) in [6.07, 6.45) is 0. The zero-order valence-corrected chi connectivity index (χ0v) is 9.23. The van der Waals surface area contributed by atoms with Crippen LogP contribution >= 0.6 is 0 Å². The van der Waals surface area contributed by atoms with Crippen molar-refractivity contribution in [2.75, 3.05) is 6.54 Å². The van der Waals surface area contributed by atoms with E-state index in [1.54, 1.807) is 12.1 Å². The minimum Gasteiger partial charge on any atom is -0.348 e. The molecule has 0 saturated heterocycles. The van der Waals surface area contributed by atoms with Crippen LogP contribution in [0.25, 0.3) is 0 Å². The molecule has 0 aliphatic carbocycles. The summed E-state index contributed by atoms with van der Waals surface area (Å²) in [6, 6.07) is 9.22. The largest absolute Gasteiger partial charge is 0.348 e. The van der Waals surface area contributed by atoms with Crippen molar-refractivity contribution >= 4 is 5.91 Å². The van der Waals surface area contributed by atoms with Crippen LogP contribution in [0.15, 0.2) is 30.3 Å². The Morgan fingerprint density at radius 1 is 1.33 bits per heavy atom. The molecule has 0 spiro atoms. The van der Waals surface area contributed by atoms with Crippen LogP contribution in [0.5, 0.6) is 0 Å². The van der Waals surface area contributed by atoms with Crippen LogP contribution in [0, 0.1) is 5.92 Å². The van der Waals surface area contributed by atoms with Crippen LogP contribution in [0.3, 0.4) is 0 Å². The molecule has 1 atom stereocenters. The predicted molar refractivity (Wildman–Crippen MR) is 61.6 cm³/mol. The van der Waals surface area contributed by atoms with Crippen molar-refractivity contribution in [3.8, 4) is 0 Å². The topological polar surface area (TPSA) is 55.1 Å². The van der Waals surface area contributed by atoms with Gasteiger partial charge >= 0.3 is 0 Å². The van der Waals surface area contributed by atoms with E-state index in [9.17, 15) is 4.79 Å². The average molecular weight is 206 g/mol. The molecule has 1 aromatic carbocycles. The Hall–Kier alpha value is -1.35. The van der Waals surface area contributed by atoms with E-state index in [-0.39, 0.29) is 11.9 Å². The van der Waals surface area contributed by atoms with Crippen molar-refractivity contribution in [1.29, 1.82) is 0 Å². The lowest BCUT2D eigenvalue weighted by molar-refractivity contribution is 0.0928. The second kappa shape index (κ2) is 5.51. The molecule has 0 aliphatic rings. The van der Waals surface area contributed by atoms with E-state index >= 15 is 0 Å². The van der Waals surface area contributed by atoms with Gasteiger partial charge in [0, 0.05) is 18.2 Å². The van der Waals surface area contributed by atoms with Crippen molar-refractivity contribution < 1.29 is 4.79 Å². The van der Waals surface area contributed by atoms with Gasteiger partial charge in [-0.15, -0.1) is 0 Å². The number of carbonyl (C=O) groups is 1. The summed E-state index contributed by atoms with van der Waals surface area (Å²) < 4.78 is 0. The summed E-state index contributed by atoms with van der Waals surface area (Å²) in [4.78, 5) is 11.8. The molecule has 3 heteroatoms. The van der Waals surface area contributed by atoms with Crippen LogP contribution in [-0.4, -0.2) is 18.5 Å². The molecule has 0 bridgehead atoms. The summed E-state index contributed by atoms with van der Waals surface area (Å²) in [7, 11) is 0. The van der Waals surface area contributed by atoms with Gasteiger partial charge in [0.15, 0.2) is 0 Å². The molecule has 1 amide bonds. The van der Waals surface area contributed by atoms with Crippen LogP contribution in [0.4, 0.5) is 0 Å². The summed E-state index contributed by atoms with van der Waals surface area (Å²) >= 11 is 0. The quantitative estimate of drug-likeness (QED) is 0.782. The van der Waals surface area contributed by atoms with E-state index in [0.29, 0.717) is 18.0 Å². The second-order valence-corrected chi connectivity index (χ2v) is 3.93. The fourth-order valence-corrected chi connectivity index (χ4v) is 1.34. The number of amides is 1. The molecule has 0 radical (unpaired) electrons. The second-order valence-electron chi connectivity index (χ2n) is 3.93. The van der Waals surface area contributed by atoms with Gasteiger partial charge in [-0.25, -0.2) is 0 Å². The Labute approximate surface area is 90.7 Å². The summed E-state index contributed by atoms with van der Waals surface area (Å²) in [5, 5.41) is 2.92. The van der Waals surface area contributed by atoms with Crippen molar-refractivity contribution in [2.45, 2.75) is 19.9 Å². The Morgan fingerprint density at radius 2 is 1.93 bits per heavy atom. The van der Waals surface area contributed by atoms with E-state index in [2.05, 4.69) is 5.32 Å². The van der Waals surface area contributed by atoms with Gasteiger partial charge in [0.1, 0.15) is 0 Å². The van der Waals surface area contributed by atoms with Gasteiger partial charge < -0.3 is 11.1 Å². The highest BCUT2D eigenvalue weighted by Gasteiger charge is 2.14. The maximum atomic E-state index is 11.8. The average Bonchev–Trinajstić information content (AvgIpc) is 2.26. The van der Waals surface area contributed by atoms with Gasteiger partial charge in [0.2, 0.25) is 0 Å². The number of hydrogen-bond acceptors (Lipinski definition) is 2. The van der Waals surface area contributed by atoms with E-state index in [1.807, 2.05) is 32.0 Å². The number of nitrogens with two attached hydrogens (primary N) is 1. The Bertz CT molecular complexity index is 309. The van der Waals surface area contributed by atoms with E-state index in [4.69, 9.17) is 5.73 Å². The zero-order chi connectivity index (χ0) is 11.3. The first-order valence-corrected chi connectivity index (χ1v) is 5.21. The fraction of sp³-hybridized carbons (Fsp3) is 0.417. The Balaban J connectivity index is 2.63. The maximum absolute atomic E-state index is 11.8. The lowest BCUT2D eigenvalue weighted by atomic mass is 10.0. The van der Waals surface area contributed by atoms with Crippen molar-refractivity contribution in [3.05, 3.63) is 35.9 Å². The molecule has 0 aliphatic heterocycles. The van der Waals surface area contributed by atoms with Gasteiger partial charge in [-0.3, -0.25) is 4.79 Å². The molecule has 82 valence electrons. The highest BCUT2D eigenvalue weighted by Crippen LogP contribution is 2.03. The van der Waals surface area contributed by atoms with Gasteiger partial charge in [-0.1, -0.05) is 32.0 Å². The lowest BCUT2D eigenvalue weighted by Gasteiger charge is -2.20. The predicted octanol–water partition coefficient (Wildman–Crippen LogP) is 1.40.